The summed E-state index contributed by atoms with van der Waals surface area (Å²) < 4.78 is 33.1. The van der Waals surface area contributed by atoms with E-state index >= 15 is 0 Å². The molecule has 7 rings (SSSR count). The predicted octanol–water partition coefficient (Wildman–Crippen LogP) is 5.62. The first-order valence-corrected chi connectivity index (χ1v) is 15.8. The Morgan fingerprint density at radius 3 is 2.63 bits per heavy atom. The SMILES string of the molecule is CC(C)(C)OC(=O)N1CC2CCC(C1)N2c1nc(OC[C@@]23CCCN2C[C@H](F)C3)nc2c(Cl)c(Br)c3c(c12)COC3. The molecular formula is C29H36BrClFN5O4. The zero-order valence-electron chi connectivity index (χ0n) is 23.7. The molecule has 1 aromatic heterocycles. The van der Waals surface area contributed by atoms with Gasteiger partial charge in [0.1, 0.15) is 24.2 Å². The van der Waals surface area contributed by atoms with Gasteiger partial charge in [-0.05, 0) is 80.1 Å². The maximum Gasteiger partial charge on any atom is 0.410 e. The van der Waals surface area contributed by atoms with Gasteiger partial charge in [-0.1, -0.05) is 11.6 Å². The normalized spacial score (nSPS) is 29.4. The number of halogens is 3. The molecule has 0 saturated carbocycles. The number of benzene rings is 1. The molecule has 4 saturated heterocycles. The van der Waals surface area contributed by atoms with Crippen LogP contribution in [0.5, 0.6) is 6.01 Å². The number of hydrogen-bond donors (Lipinski definition) is 0. The molecule has 5 aliphatic heterocycles. The van der Waals surface area contributed by atoms with Crippen LogP contribution >= 0.6 is 27.5 Å². The van der Waals surface area contributed by atoms with Crippen molar-refractivity contribution in [3.05, 3.63) is 20.6 Å². The monoisotopic (exact) mass is 651 g/mol. The third-order valence-corrected chi connectivity index (χ3v) is 10.8. The van der Waals surface area contributed by atoms with Gasteiger partial charge in [0.05, 0.1) is 34.7 Å². The van der Waals surface area contributed by atoms with Crippen LogP contribution in [0.15, 0.2) is 4.47 Å². The molecule has 0 radical (unpaired) electrons. The van der Waals surface area contributed by atoms with Crippen LogP contribution in [0.1, 0.15) is 64.0 Å². The van der Waals surface area contributed by atoms with Crippen molar-refractivity contribution in [3.8, 4) is 6.01 Å². The summed E-state index contributed by atoms with van der Waals surface area (Å²) in [6, 6.07) is 0.384. The highest BCUT2D eigenvalue weighted by Gasteiger charge is 2.50. The van der Waals surface area contributed by atoms with Crippen molar-refractivity contribution >= 4 is 50.3 Å². The van der Waals surface area contributed by atoms with Gasteiger partial charge in [0, 0.05) is 42.6 Å². The van der Waals surface area contributed by atoms with Crippen LogP contribution in [0.2, 0.25) is 5.02 Å². The van der Waals surface area contributed by atoms with E-state index in [0.29, 0.717) is 56.4 Å². The largest absolute Gasteiger partial charge is 0.461 e. The molecule has 2 unspecified atom stereocenters. The molecule has 6 heterocycles. The molecule has 1 amide bonds. The third-order valence-electron chi connectivity index (χ3n) is 9.30. The van der Waals surface area contributed by atoms with E-state index in [2.05, 4.69) is 25.7 Å². The summed E-state index contributed by atoms with van der Waals surface area (Å²) in [5, 5.41) is 1.38. The Balaban J connectivity index is 1.27. The maximum absolute atomic E-state index is 14.4. The smallest absolute Gasteiger partial charge is 0.410 e. The fourth-order valence-electron chi connectivity index (χ4n) is 7.57. The topological polar surface area (TPSA) is 80.3 Å². The van der Waals surface area contributed by atoms with Gasteiger partial charge in [-0.2, -0.15) is 9.97 Å². The van der Waals surface area contributed by atoms with Gasteiger partial charge >= 0.3 is 12.1 Å². The van der Waals surface area contributed by atoms with Crippen molar-refractivity contribution in [3.63, 3.8) is 0 Å². The molecule has 0 aliphatic carbocycles. The van der Waals surface area contributed by atoms with E-state index in [0.717, 1.165) is 59.0 Å². The molecule has 5 aliphatic rings. The second-order valence-corrected chi connectivity index (χ2v) is 14.3. The molecule has 4 fully saturated rings. The number of nitrogens with zero attached hydrogens (tertiary/aromatic N) is 5. The van der Waals surface area contributed by atoms with Crippen molar-refractivity contribution in [2.24, 2.45) is 0 Å². The average Bonchev–Trinajstić information content (AvgIpc) is 3.66. The number of carbonyl (C=O) groups is 1. The fourth-order valence-corrected chi connectivity index (χ4v) is 8.37. The number of carbonyl (C=O) groups excluding carboxylic acids is 1. The van der Waals surface area contributed by atoms with Gasteiger partial charge in [-0.3, -0.25) is 4.90 Å². The van der Waals surface area contributed by atoms with Crippen LogP contribution < -0.4 is 9.64 Å². The summed E-state index contributed by atoms with van der Waals surface area (Å²) in [6.45, 7) is 9.36. The molecule has 222 valence electrons. The number of aromatic nitrogens is 2. The van der Waals surface area contributed by atoms with E-state index < -0.39 is 11.8 Å². The number of hydrogen-bond acceptors (Lipinski definition) is 8. The number of ether oxygens (including phenoxy) is 3. The Bertz CT molecular complexity index is 1390. The summed E-state index contributed by atoms with van der Waals surface area (Å²) in [5.41, 5.74) is 1.80. The van der Waals surface area contributed by atoms with Crippen LogP contribution in [0.3, 0.4) is 0 Å². The average molecular weight is 653 g/mol. The lowest BCUT2D eigenvalue weighted by Crippen LogP contribution is -2.56. The zero-order chi connectivity index (χ0) is 28.7. The summed E-state index contributed by atoms with van der Waals surface area (Å²) in [4.78, 5) is 29.3. The Labute approximate surface area is 252 Å². The van der Waals surface area contributed by atoms with Crippen LogP contribution in [0.4, 0.5) is 15.0 Å². The van der Waals surface area contributed by atoms with E-state index in [1.54, 1.807) is 0 Å². The summed E-state index contributed by atoms with van der Waals surface area (Å²) in [6.07, 6.45) is 3.17. The minimum Gasteiger partial charge on any atom is -0.461 e. The first kappa shape index (κ1) is 27.9. The van der Waals surface area contributed by atoms with Crippen LogP contribution in [0, 0.1) is 0 Å². The highest BCUT2D eigenvalue weighted by Crippen LogP contribution is 2.47. The number of likely N-dealkylation sites (tertiary alicyclic amines) is 1. The first-order valence-electron chi connectivity index (χ1n) is 14.6. The molecule has 2 aromatic rings. The Morgan fingerprint density at radius 2 is 1.90 bits per heavy atom. The minimum absolute atomic E-state index is 0.0682. The van der Waals surface area contributed by atoms with Gasteiger partial charge in [-0.15, -0.1) is 0 Å². The van der Waals surface area contributed by atoms with Crippen LogP contribution in [-0.4, -0.2) is 88.0 Å². The van der Waals surface area contributed by atoms with Gasteiger partial charge in [0.15, 0.2) is 0 Å². The lowest BCUT2D eigenvalue weighted by molar-refractivity contribution is 0.0209. The highest BCUT2D eigenvalue weighted by atomic mass is 79.9. The number of amides is 1. The summed E-state index contributed by atoms with van der Waals surface area (Å²) >= 11 is 10.6. The molecule has 41 heavy (non-hydrogen) atoms. The van der Waals surface area contributed by atoms with E-state index in [1.807, 2.05) is 25.7 Å². The lowest BCUT2D eigenvalue weighted by Gasteiger charge is -2.42. The third kappa shape index (κ3) is 4.75. The van der Waals surface area contributed by atoms with E-state index in [-0.39, 0.29) is 29.7 Å². The molecule has 9 nitrogen and oxygen atoms in total. The van der Waals surface area contributed by atoms with Crippen molar-refractivity contribution < 1.29 is 23.4 Å². The predicted molar refractivity (Wildman–Crippen MR) is 156 cm³/mol. The Morgan fingerprint density at radius 1 is 1.17 bits per heavy atom. The molecule has 1 aromatic carbocycles. The van der Waals surface area contributed by atoms with Crippen molar-refractivity contribution in [1.82, 2.24) is 19.8 Å². The summed E-state index contributed by atoms with van der Waals surface area (Å²) in [5.74, 6) is 0.771. The van der Waals surface area contributed by atoms with Gasteiger partial charge in [-0.25, -0.2) is 9.18 Å². The van der Waals surface area contributed by atoms with Crippen LogP contribution in [0.25, 0.3) is 10.9 Å². The minimum atomic E-state index is -0.836. The molecule has 12 heteroatoms. The second kappa shape index (κ2) is 10.1. The molecule has 4 atom stereocenters. The first-order chi connectivity index (χ1) is 19.5. The van der Waals surface area contributed by atoms with E-state index in [9.17, 15) is 9.18 Å². The van der Waals surface area contributed by atoms with Gasteiger partial charge in [0.2, 0.25) is 0 Å². The van der Waals surface area contributed by atoms with Gasteiger partial charge < -0.3 is 24.0 Å². The molecule has 0 spiro atoms. The summed E-state index contributed by atoms with van der Waals surface area (Å²) in [7, 11) is 0. The molecule has 2 bridgehead atoms. The van der Waals surface area contributed by atoms with Crippen molar-refractivity contribution in [2.45, 2.75) is 95.5 Å². The number of piperazine rings is 1. The number of rotatable bonds is 4. The van der Waals surface area contributed by atoms with Crippen LogP contribution in [-0.2, 0) is 22.7 Å². The number of fused-ring (bicyclic) bond motifs is 6. The van der Waals surface area contributed by atoms with Crippen molar-refractivity contribution in [2.75, 3.05) is 37.7 Å². The van der Waals surface area contributed by atoms with E-state index in [4.69, 9.17) is 35.8 Å². The number of anilines is 1. The van der Waals surface area contributed by atoms with Gasteiger partial charge in [0.25, 0.3) is 0 Å². The Kier molecular flexibility index (Phi) is 6.84. The zero-order valence-corrected chi connectivity index (χ0v) is 26.1. The lowest BCUT2D eigenvalue weighted by atomic mass is 9.95. The number of alkyl halides is 1. The second-order valence-electron chi connectivity index (χ2n) is 13.2. The van der Waals surface area contributed by atoms with Crippen molar-refractivity contribution in [1.29, 1.82) is 0 Å². The quantitative estimate of drug-likeness (QED) is 0.421. The van der Waals surface area contributed by atoms with E-state index in [1.165, 1.54) is 0 Å². The standard InChI is InChI=1S/C29H36BrClFN5O4/c1-28(2,3)41-27(38)35-11-17-5-6-18(12-35)37(17)25-21-19-13-39-14-20(19)22(30)23(31)24(21)33-26(34-25)40-15-29-7-4-8-36(29)10-16(32)9-29/h16-18H,4-15H2,1-3H3/t16-,17?,18?,29+/m1/s1. The maximum atomic E-state index is 14.4. The molecular weight excluding hydrogens is 617 g/mol. The Hall–Kier alpha value is -1.95. The fraction of sp³-hybridized carbons (Fsp3) is 0.690. The molecule has 0 N–H and O–H groups in total. The highest BCUT2D eigenvalue weighted by molar-refractivity contribution is 9.10.